The Morgan fingerprint density at radius 1 is 1.35 bits per heavy atom. The summed E-state index contributed by atoms with van der Waals surface area (Å²) < 4.78 is 0. The van der Waals surface area contributed by atoms with E-state index in [0.29, 0.717) is 13.0 Å². The van der Waals surface area contributed by atoms with Gasteiger partial charge in [-0.25, -0.2) is 0 Å². The van der Waals surface area contributed by atoms with E-state index < -0.39 is 12.1 Å². The first-order valence-corrected chi connectivity index (χ1v) is 5.76. The summed E-state index contributed by atoms with van der Waals surface area (Å²) in [5, 5.41) is 5.09. The molecule has 0 bridgehead atoms. The molecule has 0 aliphatic carbocycles. The molecule has 2 N–H and O–H groups in total. The van der Waals surface area contributed by atoms with Gasteiger partial charge in [-0.1, -0.05) is 0 Å². The van der Waals surface area contributed by atoms with Crippen molar-refractivity contribution in [2.45, 2.75) is 38.8 Å². The number of likely N-dealkylation sites (tertiary alicyclic amines) is 1. The molecule has 1 aliphatic rings. The van der Waals surface area contributed by atoms with Gasteiger partial charge in [0.15, 0.2) is 0 Å². The van der Waals surface area contributed by atoms with Crippen molar-refractivity contribution in [3.8, 4) is 0 Å². The normalized spacial score (nSPS) is 20.9. The molecule has 96 valence electrons. The molecule has 1 saturated heterocycles. The van der Waals surface area contributed by atoms with Gasteiger partial charge in [-0.15, -0.1) is 0 Å². The Hall–Kier alpha value is -1.59. The highest BCUT2D eigenvalue weighted by Crippen LogP contribution is 2.18. The van der Waals surface area contributed by atoms with E-state index in [1.807, 2.05) is 0 Å². The number of hydrogen-bond acceptors (Lipinski definition) is 3. The number of carbonyl (C=O) groups is 3. The smallest absolute Gasteiger partial charge is 0.245 e. The van der Waals surface area contributed by atoms with Crippen LogP contribution in [0.1, 0.15) is 26.7 Å². The summed E-state index contributed by atoms with van der Waals surface area (Å²) in [4.78, 5) is 36.0. The highest BCUT2D eigenvalue weighted by atomic mass is 16.2. The molecule has 1 aliphatic heterocycles. The lowest BCUT2D eigenvalue weighted by Gasteiger charge is -2.26. The molecule has 0 aromatic carbocycles. The number of nitrogens with one attached hydrogen (secondary N) is 2. The van der Waals surface area contributed by atoms with Crippen LogP contribution in [0.2, 0.25) is 0 Å². The molecule has 1 heterocycles. The van der Waals surface area contributed by atoms with Crippen LogP contribution in [0.4, 0.5) is 0 Å². The predicted octanol–water partition coefficient (Wildman–Crippen LogP) is -0.752. The van der Waals surface area contributed by atoms with Gasteiger partial charge >= 0.3 is 0 Å². The maximum atomic E-state index is 12.0. The Labute approximate surface area is 101 Å². The van der Waals surface area contributed by atoms with Crippen LogP contribution in [-0.4, -0.2) is 48.3 Å². The van der Waals surface area contributed by atoms with Gasteiger partial charge in [0.25, 0.3) is 0 Å². The lowest BCUT2D eigenvalue weighted by molar-refractivity contribution is -0.140. The van der Waals surface area contributed by atoms with Gasteiger partial charge in [-0.05, 0) is 19.8 Å². The Balaban J connectivity index is 2.67. The topological polar surface area (TPSA) is 78.5 Å². The van der Waals surface area contributed by atoms with Gasteiger partial charge in [-0.2, -0.15) is 0 Å². The van der Waals surface area contributed by atoms with Crippen LogP contribution in [0.5, 0.6) is 0 Å². The monoisotopic (exact) mass is 241 g/mol. The number of rotatable bonds is 3. The summed E-state index contributed by atoms with van der Waals surface area (Å²) in [6.07, 6.45) is 1.49. The van der Waals surface area contributed by atoms with E-state index in [0.717, 1.165) is 6.42 Å². The Morgan fingerprint density at radius 3 is 2.53 bits per heavy atom. The van der Waals surface area contributed by atoms with Crippen LogP contribution >= 0.6 is 0 Å². The number of nitrogens with zero attached hydrogens (tertiary/aromatic N) is 1. The van der Waals surface area contributed by atoms with E-state index in [4.69, 9.17) is 0 Å². The van der Waals surface area contributed by atoms with Gasteiger partial charge in [0.1, 0.15) is 12.1 Å². The van der Waals surface area contributed by atoms with Crippen molar-refractivity contribution in [3.63, 3.8) is 0 Å². The lowest BCUT2D eigenvalue weighted by atomic mass is 10.2. The fraction of sp³-hybridized carbons (Fsp3) is 0.727. The molecule has 0 unspecified atom stereocenters. The number of amides is 3. The predicted molar refractivity (Wildman–Crippen MR) is 62.1 cm³/mol. The molecule has 6 nitrogen and oxygen atoms in total. The number of hydrogen-bond donors (Lipinski definition) is 2. The van der Waals surface area contributed by atoms with Crippen LogP contribution in [0, 0.1) is 0 Å². The third kappa shape index (κ3) is 3.18. The minimum Gasteiger partial charge on any atom is -0.357 e. The minimum absolute atomic E-state index is 0.147. The summed E-state index contributed by atoms with van der Waals surface area (Å²) in [5.74, 6) is -0.598. The van der Waals surface area contributed by atoms with Gasteiger partial charge in [0, 0.05) is 20.5 Å². The zero-order valence-corrected chi connectivity index (χ0v) is 10.4. The molecule has 0 aromatic heterocycles. The van der Waals surface area contributed by atoms with Crippen molar-refractivity contribution >= 4 is 17.7 Å². The van der Waals surface area contributed by atoms with E-state index in [2.05, 4.69) is 10.6 Å². The van der Waals surface area contributed by atoms with Gasteiger partial charge in [0.05, 0.1) is 0 Å². The molecule has 3 amide bonds. The first kappa shape index (κ1) is 13.5. The van der Waals surface area contributed by atoms with Crippen molar-refractivity contribution in [1.29, 1.82) is 0 Å². The number of likely N-dealkylation sites (N-methyl/N-ethyl adjacent to an activating group) is 1. The fourth-order valence-electron chi connectivity index (χ4n) is 2.09. The van der Waals surface area contributed by atoms with Crippen molar-refractivity contribution in [3.05, 3.63) is 0 Å². The second-order valence-corrected chi connectivity index (χ2v) is 4.23. The molecule has 0 radical (unpaired) electrons. The maximum Gasteiger partial charge on any atom is 0.245 e. The Bertz CT molecular complexity index is 330. The molecule has 0 saturated carbocycles. The van der Waals surface area contributed by atoms with Crippen molar-refractivity contribution in [1.82, 2.24) is 15.5 Å². The minimum atomic E-state index is -0.585. The molecule has 17 heavy (non-hydrogen) atoms. The van der Waals surface area contributed by atoms with Crippen LogP contribution in [0.25, 0.3) is 0 Å². The lowest BCUT2D eigenvalue weighted by Crippen LogP contribution is -2.51. The first-order valence-electron chi connectivity index (χ1n) is 5.76. The van der Waals surface area contributed by atoms with E-state index in [-0.39, 0.29) is 17.7 Å². The molecular formula is C11H19N3O3. The highest BCUT2D eigenvalue weighted by Gasteiger charge is 2.35. The van der Waals surface area contributed by atoms with Crippen LogP contribution in [0.15, 0.2) is 0 Å². The standard InChI is InChI=1S/C11H19N3O3/c1-7(13-8(2)15)11(17)14-6-4-5-9(14)10(16)12-3/h7,9H,4-6H2,1-3H3,(H,12,16)(H,13,15)/t7-,9+/m1/s1. The van der Waals surface area contributed by atoms with Crippen LogP contribution in [0.3, 0.4) is 0 Å². The Kier molecular flexibility index (Phi) is 4.48. The maximum absolute atomic E-state index is 12.0. The summed E-state index contributed by atoms with van der Waals surface area (Å²) in [6.45, 7) is 3.56. The molecule has 2 atom stereocenters. The second-order valence-electron chi connectivity index (χ2n) is 4.23. The number of carbonyl (C=O) groups excluding carboxylic acids is 3. The SMILES string of the molecule is CNC(=O)[C@@H]1CCCN1C(=O)[C@@H](C)NC(C)=O. The van der Waals surface area contributed by atoms with Crippen LogP contribution in [-0.2, 0) is 14.4 Å². The van der Waals surface area contributed by atoms with Gasteiger partial charge in [-0.3, -0.25) is 14.4 Å². The summed E-state index contributed by atoms with van der Waals surface area (Å²) in [5.41, 5.74) is 0. The molecule has 0 aromatic rings. The molecule has 1 fully saturated rings. The molecular weight excluding hydrogens is 222 g/mol. The summed E-state index contributed by atoms with van der Waals surface area (Å²) >= 11 is 0. The molecule has 6 heteroatoms. The van der Waals surface area contributed by atoms with E-state index in [9.17, 15) is 14.4 Å². The van der Waals surface area contributed by atoms with E-state index >= 15 is 0 Å². The van der Waals surface area contributed by atoms with Gasteiger partial charge < -0.3 is 15.5 Å². The summed E-state index contributed by atoms with van der Waals surface area (Å²) in [7, 11) is 1.56. The average Bonchev–Trinajstić information content (AvgIpc) is 2.74. The van der Waals surface area contributed by atoms with Crippen LogP contribution < -0.4 is 10.6 Å². The van der Waals surface area contributed by atoms with Crippen molar-refractivity contribution in [2.24, 2.45) is 0 Å². The van der Waals surface area contributed by atoms with Crippen molar-refractivity contribution in [2.75, 3.05) is 13.6 Å². The zero-order valence-electron chi connectivity index (χ0n) is 10.4. The first-order chi connectivity index (χ1) is 7.97. The average molecular weight is 241 g/mol. The quantitative estimate of drug-likeness (QED) is 0.682. The summed E-state index contributed by atoms with van der Waals surface area (Å²) in [6, 6.07) is -0.985. The fourth-order valence-corrected chi connectivity index (χ4v) is 2.09. The highest BCUT2D eigenvalue weighted by molar-refractivity contribution is 5.91. The third-order valence-electron chi connectivity index (χ3n) is 2.88. The Morgan fingerprint density at radius 2 is 2.00 bits per heavy atom. The van der Waals surface area contributed by atoms with Gasteiger partial charge in [0.2, 0.25) is 17.7 Å². The largest absolute Gasteiger partial charge is 0.357 e. The van der Waals surface area contributed by atoms with Crippen molar-refractivity contribution < 1.29 is 14.4 Å². The second kappa shape index (κ2) is 5.65. The molecule has 1 rings (SSSR count). The zero-order chi connectivity index (χ0) is 13.0. The molecule has 0 spiro atoms. The van der Waals surface area contributed by atoms with E-state index in [1.54, 1.807) is 18.9 Å². The third-order valence-corrected chi connectivity index (χ3v) is 2.88. The van der Waals surface area contributed by atoms with E-state index in [1.165, 1.54) is 6.92 Å².